The van der Waals surface area contributed by atoms with Crippen LogP contribution in [0.25, 0.3) is 0 Å². The maximum atomic E-state index is 12.5. The molecular weight excluding hydrogens is 261 g/mol. The maximum absolute atomic E-state index is 12.5. The molecule has 0 spiro atoms. The van der Waals surface area contributed by atoms with Crippen molar-refractivity contribution >= 4 is 12.2 Å². The van der Waals surface area contributed by atoms with E-state index in [4.69, 9.17) is 5.84 Å². The van der Waals surface area contributed by atoms with Gasteiger partial charge in [0.2, 0.25) is 0 Å². The van der Waals surface area contributed by atoms with E-state index in [-0.39, 0.29) is 5.95 Å². The number of benzene rings is 1. The number of alkyl halides is 3. The Labute approximate surface area is 105 Å². The monoisotopic (exact) mass is 270 g/mol. The molecule has 0 bridgehead atoms. The number of nitrogen functional groups attached to an aromatic ring is 1. The van der Waals surface area contributed by atoms with E-state index in [1.54, 1.807) is 0 Å². The molecule has 0 amide bonds. The van der Waals surface area contributed by atoms with Gasteiger partial charge in [0.15, 0.2) is 0 Å². The third-order valence-electron chi connectivity index (χ3n) is 2.17. The normalized spacial score (nSPS) is 11.9. The van der Waals surface area contributed by atoms with Crippen molar-refractivity contribution in [2.45, 2.75) is 6.18 Å². The molecule has 2 rings (SSSR count). The number of anilines is 1. The highest BCUT2D eigenvalue weighted by atomic mass is 19.4. The molecule has 0 aliphatic heterocycles. The molecule has 0 aliphatic carbocycles. The van der Waals surface area contributed by atoms with E-state index >= 15 is 0 Å². The molecule has 0 saturated carbocycles. The zero-order valence-corrected chi connectivity index (χ0v) is 9.46. The van der Waals surface area contributed by atoms with E-state index in [2.05, 4.69) is 20.7 Å². The van der Waals surface area contributed by atoms with Gasteiger partial charge >= 0.3 is 6.18 Å². The topological polar surface area (TPSA) is 81.1 Å². The number of nitrogens with two attached hydrogens (primary N) is 1. The molecule has 1 heterocycles. The van der Waals surface area contributed by atoms with Crippen molar-refractivity contribution in [2.24, 2.45) is 5.10 Å². The number of hydrogen-bond acceptors (Lipinski definition) is 5. The van der Waals surface area contributed by atoms with E-state index in [0.717, 1.165) is 16.8 Å². The lowest BCUT2D eigenvalue weighted by molar-refractivity contribution is -0.137. The third kappa shape index (κ3) is 3.21. The Kier molecular flexibility index (Phi) is 3.36. The van der Waals surface area contributed by atoms with Crippen LogP contribution >= 0.6 is 0 Å². The lowest BCUT2D eigenvalue weighted by Gasteiger charge is -2.06. The van der Waals surface area contributed by atoms with Crippen molar-refractivity contribution < 1.29 is 13.2 Å². The Bertz CT molecular complexity index is 589. The van der Waals surface area contributed by atoms with Crippen molar-refractivity contribution in [3.05, 3.63) is 41.7 Å². The molecule has 0 atom stereocenters. The number of rotatable bonds is 3. The van der Waals surface area contributed by atoms with Gasteiger partial charge in [-0.05, 0) is 17.7 Å². The summed E-state index contributed by atoms with van der Waals surface area (Å²) in [5.41, 5.74) is 2.01. The number of nitrogens with zero attached hydrogens (tertiary/aromatic N) is 4. The highest BCUT2D eigenvalue weighted by Crippen LogP contribution is 2.29. The van der Waals surface area contributed by atoms with E-state index in [9.17, 15) is 13.2 Å². The second-order valence-corrected chi connectivity index (χ2v) is 3.56. The molecule has 100 valence electrons. The van der Waals surface area contributed by atoms with E-state index < -0.39 is 11.7 Å². The molecule has 2 aromatic rings. The molecule has 0 aliphatic rings. The van der Waals surface area contributed by atoms with Crippen LogP contribution in [0.3, 0.4) is 0 Å². The lowest BCUT2D eigenvalue weighted by atomic mass is 10.1. The first-order valence-corrected chi connectivity index (χ1v) is 5.08. The Hall–Kier alpha value is -2.58. The standard InChI is InChI=1S/C10H9F3N6/c11-10(12,13)8-3-1-2-7(4-8)5-15-17-9-18-16-6-19(9)14/h1-6H,14H2,(H,17,18)/b15-5+. The zero-order valence-electron chi connectivity index (χ0n) is 9.46. The van der Waals surface area contributed by atoms with Crippen molar-refractivity contribution in [3.8, 4) is 0 Å². The second kappa shape index (κ2) is 4.96. The average molecular weight is 270 g/mol. The molecule has 0 fully saturated rings. The fourth-order valence-electron chi connectivity index (χ4n) is 1.28. The number of hydrogen-bond donors (Lipinski definition) is 2. The van der Waals surface area contributed by atoms with Crippen LogP contribution in [0.2, 0.25) is 0 Å². The molecule has 9 heteroatoms. The van der Waals surface area contributed by atoms with Gasteiger partial charge in [0.1, 0.15) is 6.33 Å². The lowest BCUT2D eigenvalue weighted by Crippen LogP contribution is -2.10. The van der Waals surface area contributed by atoms with Crippen molar-refractivity contribution in [2.75, 3.05) is 11.3 Å². The largest absolute Gasteiger partial charge is 0.416 e. The van der Waals surface area contributed by atoms with Gasteiger partial charge in [0.25, 0.3) is 5.95 Å². The minimum Gasteiger partial charge on any atom is -0.335 e. The summed E-state index contributed by atoms with van der Waals surface area (Å²) in [5, 5.41) is 10.8. The van der Waals surface area contributed by atoms with Crippen LogP contribution in [0.15, 0.2) is 35.7 Å². The summed E-state index contributed by atoms with van der Waals surface area (Å²) in [5.74, 6) is 5.58. The number of aromatic nitrogens is 3. The van der Waals surface area contributed by atoms with E-state index in [0.29, 0.717) is 5.56 Å². The average Bonchev–Trinajstić information content (AvgIpc) is 2.75. The van der Waals surface area contributed by atoms with E-state index in [1.165, 1.54) is 24.7 Å². The van der Waals surface area contributed by atoms with Crippen LogP contribution in [0, 0.1) is 0 Å². The molecular formula is C10H9F3N6. The Morgan fingerprint density at radius 1 is 1.37 bits per heavy atom. The maximum Gasteiger partial charge on any atom is 0.416 e. The summed E-state index contributed by atoms with van der Waals surface area (Å²) in [6.45, 7) is 0. The van der Waals surface area contributed by atoms with Gasteiger partial charge in [-0.2, -0.15) is 18.3 Å². The van der Waals surface area contributed by atoms with Crippen molar-refractivity contribution in [3.63, 3.8) is 0 Å². The van der Waals surface area contributed by atoms with Gasteiger partial charge in [-0.3, -0.25) is 0 Å². The van der Waals surface area contributed by atoms with Gasteiger partial charge in [-0.25, -0.2) is 10.1 Å². The summed E-state index contributed by atoms with van der Waals surface area (Å²) in [6.07, 6.45) is -1.90. The fourth-order valence-corrected chi connectivity index (χ4v) is 1.28. The molecule has 0 radical (unpaired) electrons. The van der Waals surface area contributed by atoms with Crippen molar-refractivity contribution in [1.29, 1.82) is 0 Å². The molecule has 19 heavy (non-hydrogen) atoms. The number of halogens is 3. The van der Waals surface area contributed by atoms with Gasteiger partial charge < -0.3 is 5.84 Å². The van der Waals surface area contributed by atoms with Crippen LogP contribution in [0.5, 0.6) is 0 Å². The van der Waals surface area contributed by atoms with Crippen LogP contribution in [-0.2, 0) is 6.18 Å². The highest BCUT2D eigenvalue weighted by Gasteiger charge is 2.30. The summed E-state index contributed by atoms with van der Waals surface area (Å²) in [7, 11) is 0. The molecule has 1 aromatic carbocycles. The highest BCUT2D eigenvalue weighted by molar-refractivity contribution is 5.80. The predicted molar refractivity (Wildman–Crippen MR) is 62.8 cm³/mol. The fraction of sp³-hybridized carbons (Fsp3) is 0.100. The van der Waals surface area contributed by atoms with Crippen LogP contribution in [0.1, 0.15) is 11.1 Å². The first-order valence-electron chi connectivity index (χ1n) is 5.08. The Morgan fingerprint density at radius 2 is 2.16 bits per heavy atom. The Morgan fingerprint density at radius 3 is 2.79 bits per heavy atom. The zero-order chi connectivity index (χ0) is 13.9. The molecule has 1 aromatic heterocycles. The van der Waals surface area contributed by atoms with E-state index in [1.807, 2.05) is 0 Å². The molecule has 3 N–H and O–H groups in total. The minimum absolute atomic E-state index is 0.170. The summed E-state index contributed by atoms with van der Waals surface area (Å²) in [4.78, 5) is 0. The SMILES string of the molecule is Nn1cnnc1N/N=C/c1cccc(C(F)(F)F)c1. The number of nitrogens with one attached hydrogen (secondary N) is 1. The van der Waals surface area contributed by atoms with Gasteiger partial charge in [-0.1, -0.05) is 12.1 Å². The third-order valence-corrected chi connectivity index (χ3v) is 2.17. The van der Waals surface area contributed by atoms with Crippen molar-refractivity contribution in [1.82, 2.24) is 14.9 Å². The van der Waals surface area contributed by atoms with Gasteiger partial charge in [-0.15, -0.1) is 10.2 Å². The summed E-state index contributed by atoms with van der Waals surface area (Å²) < 4.78 is 38.5. The summed E-state index contributed by atoms with van der Waals surface area (Å²) in [6, 6.07) is 4.77. The van der Waals surface area contributed by atoms with Gasteiger partial charge in [0, 0.05) is 0 Å². The summed E-state index contributed by atoms with van der Waals surface area (Å²) >= 11 is 0. The van der Waals surface area contributed by atoms with Gasteiger partial charge in [0.05, 0.1) is 11.8 Å². The van der Waals surface area contributed by atoms with Crippen LogP contribution in [-0.4, -0.2) is 21.1 Å². The first kappa shape index (κ1) is 12.9. The van der Waals surface area contributed by atoms with Crippen LogP contribution in [0.4, 0.5) is 19.1 Å². The molecule has 6 nitrogen and oxygen atoms in total. The number of hydrazone groups is 1. The van der Waals surface area contributed by atoms with Crippen LogP contribution < -0.4 is 11.3 Å². The first-order chi connectivity index (χ1) is 8.97. The quantitative estimate of drug-likeness (QED) is 0.502. The smallest absolute Gasteiger partial charge is 0.335 e. The second-order valence-electron chi connectivity index (χ2n) is 3.56. The predicted octanol–water partition coefficient (Wildman–Crippen LogP) is 1.46. The minimum atomic E-state index is -4.38. The molecule has 0 saturated heterocycles. The Balaban J connectivity index is 2.09. The molecule has 0 unspecified atom stereocenters.